The molecule has 0 heterocycles. The Kier molecular flexibility index (Phi) is 6.29. The van der Waals surface area contributed by atoms with Gasteiger partial charge in [0.05, 0.1) is 6.04 Å². The smallest absolute Gasteiger partial charge is 0.129 e. The summed E-state index contributed by atoms with van der Waals surface area (Å²) < 4.78 is 15.3. The predicted octanol–water partition coefficient (Wildman–Crippen LogP) is 5.83. The summed E-state index contributed by atoms with van der Waals surface area (Å²) in [6, 6.07) is 10.2. The monoisotopic (exact) mass is 437 g/mol. The van der Waals surface area contributed by atoms with Crippen molar-refractivity contribution in [1.82, 2.24) is 5.32 Å². The molecule has 1 unspecified atom stereocenters. The van der Waals surface area contributed by atoms with Crippen LogP contribution in [0.25, 0.3) is 0 Å². The molecule has 0 aromatic heterocycles. The standard InChI is InChI=1S/C16H15Cl2FIN/c1-2-7-21-16(12-5-3-11(18)9-14(12)19)13-8-10(17)4-6-15(13)20/h3-6,8-9,16,21H,2,7H2,1H3. The highest BCUT2D eigenvalue weighted by atomic mass is 127. The van der Waals surface area contributed by atoms with Crippen LogP contribution in [0.5, 0.6) is 0 Å². The SMILES string of the molecule is CCCNC(c1ccc(Cl)cc1F)c1cc(Cl)ccc1I. The highest BCUT2D eigenvalue weighted by molar-refractivity contribution is 14.1. The molecule has 0 fully saturated rings. The molecule has 0 aliphatic carbocycles. The van der Waals surface area contributed by atoms with Gasteiger partial charge in [0.2, 0.25) is 0 Å². The molecule has 112 valence electrons. The van der Waals surface area contributed by atoms with Crippen molar-refractivity contribution in [2.75, 3.05) is 6.54 Å². The van der Waals surface area contributed by atoms with E-state index in [4.69, 9.17) is 23.2 Å². The highest BCUT2D eigenvalue weighted by Gasteiger charge is 2.20. The molecule has 0 saturated carbocycles. The number of hydrogen-bond donors (Lipinski definition) is 1. The lowest BCUT2D eigenvalue weighted by atomic mass is 9.98. The molecule has 0 bridgehead atoms. The van der Waals surface area contributed by atoms with Gasteiger partial charge in [-0.15, -0.1) is 0 Å². The molecule has 1 atom stereocenters. The van der Waals surface area contributed by atoms with Crippen LogP contribution in [0.2, 0.25) is 10.0 Å². The van der Waals surface area contributed by atoms with E-state index in [9.17, 15) is 4.39 Å². The zero-order valence-corrected chi connectivity index (χ0v) is 15.1. The maximum Gasteiger partial charge on any atom is 0.129 e. The molecule has 1 N–H and O–H groups in total. The topological polar surface area (TPSA) is 12.0 Å². The summed E-state index contributed by atoms with van der Waals surface area (Å²) in [5, 5.41) is 4.42. The number of benzene rings is 2. The Hall–Kier alpha value is -0.360. The van der Waals surface area contributed by atoms with E-state index in [1.165, 1.54) is 6.07 Å². The lowest BCUT2D eigenvalue weighted by Gasteiger charge is -2.22. The first-order valence-electron chi connectivity index (χ1n) is 6.66. The van der Waals surface area contributed by atoms with Crippen LogP contribution >= 0.6 is 45.8 Å². The Morgan fingerprint density at radius 1 is 1.10 bits per heavy atom. The molecule has 1 nitrogen and oxygen atoms in total. The van der Waals surface area contributed by atoms with Crippen molar-refractivity contribution in [2.24, 2.45) is 0 Å². The molecule has 0 amide bonds. The number of hydrogen-bond acceptors (Lipinski definition) is 1. The molecule has 0 aliphatic rings. The van der Waals surface area contributed by atoms with Gasteiger partial charge < -0.3 is 5.32 Å². The lowest BCUT2D eigenvalue weighted by molar-refractivity contribution is 0.545. The number of rotatable bonds is 5. The van der Waals surface area contributed by atoms with E-state index in [1.807, 2.05) is 18.2 Å². The minimum atomic E-state index is -0.313. The van der Waals surface area contributed by atoms with Crippen LogP contribution in [-0.4, -0.2) is 6.54 Å². The van der Waals surface area contributed by atoms with E-state index < -0.39 is 0 Å². The highest BCUT2D eigenvalue weighted by Crippen LogP contribution is 2.31. The van der Waals surface area contributed by atoms with E-state index in [0.717, 1.165) is 22.1 Å². The molecule has 2 rings (SSSR count). The first-order chi connectivity index (χ1) is 10.0. The van der Waals surface area contributed by atoms with Crippen molar-refractivity contribution < 1.29 is 4.39 Å². The molecule has 21 heavy (non-hydrogen) atoms. The average Bonchev–Trinajstić information content (AvgIpc) is 2.44. The summed E-state index contributed by atoms with van der Waals surface area (Å²) in [5.41, 5.74) is 1.55. The largest absolute Gasteiger partial charge is 0.306 e. The fraction of sp³-hybridized carbons (Fsp3) is 0.250. The van der Waals surface area contributed by atoms with Crippen molar-refractivity contribution in [3.05, 3.63) is 67.0 Å². The summed E-state index contributed by atoms with van der Waals surface area (Å²) in [4.78, 5) is 0. The van der Waals surface area contributed by atoms with Gasteiger partial charge in [-0.3, -0.25) is 0 Å². The molecule has 2 aromatic carbocycles. The van der Waals surface area contributed by atoms with Crippen molar-refractivity contribution in [3.8, 4) is 0 Å². The van der Waals surface area contributed by atoms with Crippen LogP contribution in [0.1, 0.15) is 30.5 Å². The second-order valence-electron chi connectivity index (χ2n) is 4.72. The first kappa shape index (κ1) is 17.0. The van der Waals surface area contributed by atoms with Crippen LogP contribution in [0.4, 0.5) is 4.39 Å². The van der Waals surface area contributed by atoms with Gasteiger partial charge in [0.25, 0.3) is 0 Å². The van der Waals surface area contributed by atoms with Crippen molar-refractivity contribution in [1.29, 1.82) is 0 Å². The van der Waals surface area contributed by atoms with Gasteiger partial charge in [-0.05, 0) is 71.5 Å². The van der Waals surface area contributed by atoms with E-state index in [0.29, 0.717) is 15.6 Å². The minimum Gasteiger partial charge on any atom is -0.306 e. The zero-order valence-electron chi connectivity index (χ0n) is 11.5. The molecule has 0 radical (unpaired) electrons. The van der Waals surface area contributed by atoms with Crippen LogP contribution in [-0.2, 0) is 0 Å². The van der Waals surface area contributed by atoms with Gasteiger partial charge >= 0.3 is 0 Å². The summed E-state index contributed by atoms with van der Waals surface area (Å²) in [6.07, 6.45) is 0.961. The maximum absolute atomic E-state index is 14.3. The van der Waals surface area contributed by atoms with Crippen LogP contribution < -0.4 is 5.32 Å². The second kappa shape index (κ2) is 7.77. The number of nitrogens with one attached hydrogen (secondary N) is 1. The third-order valence-corrected chi connectivity index (χ3v) is 4.59. The van der Waals surface area contributed by atoms with E-state index in [1.54, 1.807) is 12.1 Å². The van der Waals surface area contributed by atoms with Gasteiger partial charge in [-0.25, -0.2) is 4.39 Å². The third-order valence-electron chi connectivity index (χ3n) is 3.14. The number of halogens is 4. The van der Waals surface area contributed by atoms with E-state index >= 15 is 0 Å². The summed E-state index contributed by atoms with van der Waals surface area (Å²) in [7, 11) is 0. The Balaban J connectivity index is 2.49. The Bertz CT molecular complexity index is 634. The fourth-order valence-corrected chi connectivity index (χ4v) is 3.13. The quantitative estimate of drug-likeness (QED) is 0.580. The summed E-state index contributed by atoms with van der Waals surface area (Å²) in [6.45, 7) is 2.86. The Labute approximate surface area is 148 Å². The van der Waals surface area contributed by atoms with E-state index in [2.05, 4.69) is 34.8 Å². The first-order valence-corrected chi connectivity index (χ1v) is 8.49. The van der Waals surface area contributed by atoms with E-state index in [-0.39, 0.29) is 11.9 Å². The molecule has 0 saturated heterocycles. The van der Waals surface area contributed by atoms with Gasteiger partial charge in [0, 0.05) is 19.2 Å². The molecule has 5 heteroatoms. The van der Waals surface area contributed by atoms with Crippen molar-refractivity contribution >= 4 is 45.8 Å². The van der Waals surface area contributed by atoms with Gasteiger partial charge in [0.1, 0.15) is 5.82 Å². The molecular formula is C16H15Cl2FIN. The van der Waals surface area contributed by atoms with Gasteiger partial charge in [-0.2, -0.15) is 0 Å². The van der Waals surface area contributed by atoms with Crippen molar-refractivity contribution in [3.63, 3.8) is 0 Å². The van der Waals surface area contributed by atoms with Crippen LogP contribution in [0, 0.1) is 9.39 Å². The maximum atomic E-state index is 14.3. The molecule has 0 spiro atoms. The van der Waals surface area contributed by atoms with Gasteiger partial charge in [-0.1, -0.05) is 36.2 Å². The van der Waals surface area contributed by atoms with Gasteiger partial charge in [0.15, 0.2) is 0 Å². The third kappa shape index (κ3) is 4.31. The summed E-state index contributed by atoms with van der Waals surface area (Å²) >= 11 is 14.2. The van der Waals surface area contributed by atoms with Crippen LogP contribution in [0.3, 0.4) is 0 Å². The van der Waals surface area contributed by atoms with Crippen LogP contribution in [0.15, 0.2) is 36.4 Å². The minimum absolute atomic E-state index is 0.243. The Morgan fingerprint density at radius 2 is 1.76 bits per heavy atom. The molecule has 0 aliphatic heterocycles. The normalized spacial score (nSPS) is 12.4. The lowest BCUT2D eigenvalue weighted by Crippen LogP contribution is -2.25. The second-order valence-corrected chi connectivity index (χ2v) is 6.75. The predicted molar refractivity (Wildman–Crippen MR) is 95.7 cm³/mol. The van der Waals surface area contributed by atoms with Crippen molar-refractivity contribution in [2.45, 2.75) is 19.4 Å². The Morgan fingerprint density at radius 3 is 2.43 bits per heavy atom. The zero-order chi connectivity index (χ0) is 15.4. The molecule has 2 aromatic rings. The average molecular weight is 438 g/mol. The molecular weight excluding hydrogens is 423 g/mol. The fourth-order valence-electron chi connectivity index (χ4n) is 2.15. The summed E-state index contributed by atoms with van der Waals surface area (Å²) in [5.74, 6) is -0.313.